The van der Waals surface area contributed by atoms with Crippen LogP contribution in [0.4, 0.5) is 0 Å². The number of nitrogens with one attached hydrogen (secondary N) is 2. The van der Waals surface area contributed by atoms with Gasteiger partial charge < -0.3 is 25.2 Å². The first kappa shape index (κ1) is 21.8. The summed E-state index contributed by atoms with van der Waals surface area (Å²) in [6.45, 7) is 5.82. The number of carbonyl (C=O) groups is 2. The van der Waals surface area contributed by atoms with Crippen molar-refractivity contribution in [3.05, 3.63) is 64.3 Å². The molecule has 2 aliphatic rings. The number of H-pyrrole nitrogens is 1. The highest BCUT2D eigenvalue weighted by molar-refractivity contribution is 6.31. The summed E-state index contributed by atoms with van der Waals surface area (Å²) < 4.78 is 0. The average Bonchev–Trinajstić information content (AvgIpc) is 3.13. The van der Waals surface area contributed by atoms with E-state index in [-0.39, 0.29) is 24.1 Å². The van der Waals surface area contributed by atoms with Crippen LogP contribution in [0.15, 0.2) is 42.5 Å². The van der Waals surface area contributed by atoms with Crippen molar-refractivity contribution in [3.63, 3.8) is 0 Å². The number of phenolic OH excluding ortho intramolecular Hbond substituents is 1. The monoisotopic (exact) mass is 466 g/mol. The molecule has 0 unspecified atom stereocenters. The molecule has 0 saturated carbocycles. The molecule has 3 N–H and O–H groups in total. The van der Waals surface area contributed by atoms with Crippen molar-refractivity contribution >= 4 is 34.3 Å². The molecule has 2 aromatic carbocycles. The lowest BCUT2D eigenvalue weighted by Gasteiger charge is -2.53. The number of aromatic hydroxyl groups is 1. The largest absolute Gasteiger partial charge is 0.508 e. The lowest BCUT2D eigenvalue weighted by molar-refractivity contribution is -0.167. The summed E-state index contributed by atoms with van der Waals surface area (Å²) in [6, 6.07) is 12.0. The first-order valence-corrected chi connectivity index (χ1v) is 11.6. The number of amides is 2. The molecule has 172 valence electrons. The van der Waals surface area contributed by atoms with E-state index in [1.54, 1.807) is 28.0 Å². The second-order valence-electron chi connectivity index (χ2n) is 9.00. The standard InChI is InChI=1S/C25H27ClN4O3/c1-3-27-9-10-29-14-21(32)30-23(15-5-4-6-17(31)11-15)22-19(13-25(30,2)24(29)33)18-12-16(26)7-8-20(18)28-22/h4-8,11-12,23,27-28,31H,3,9-10,13-14H2,1-2H3/t23-,25+/m1/s1. The van der Waals surface area contributed by atoms with Crippen molar-refractivity contribution in [1.82, 2.24) is 20.1 Å². The van der Waals surface area contributed by atoms with E-state index in [0.29, 0.717) is 24.5 Å². The van der Waals surface area contributed by atoms with Crippen LogP contribution in [0.1, 0.15) is 36.7 Å². The third-order valence-corrected chi connectivity index (χ3v) is 7.06. The summed E-state index contributed by atoms with van der Waals surface area (Å²) >= 11 is 6.32. The predicted octanol–water partition coefficient (Wildman–Crippen LogP) is 3.21. The summed E-state index contributed by atoms with van der Waals surface area (Å²) in [6.07, 6.45) is 0.389. The molecule has 3 heterocycles. The number of hydrogen-bond donors (Lipinski definition) is 3. The van der Waals surface area contributed by atoms with Crippen LogP contribution < -0.4 is 5.32 Å². The quantitative estimate of drug-likeness (QED) is 0.504. The fraction of sp³-hybridized carbons (Fsp3) is 0.360. The molecule has 0 spiro atoms. The minimum absolute atomic E-state index is 0.0382. The molecule has 33 heavy (non-hydrogen) atoms. The number of halogens is 1. The fourth-order valence-electron chi connectivity index (χ4n) is 5.34. The molecule has 0 radical (unpaired) electrons. The molecular formula is C25H27ClN4O3. The maximum atomic E-state index is 13.8. The minimum atomic E-state index is -1.05. The highest BCUT2D eigenvalue weighted by Gasteiger charge is 2.55. The molecule has 8 heteroatoms. The number of piperazine rings is 1. The number of phenols is 1. The fourth-order valence-corrected chi connectivity index (χ4v) is 5.51. The number of carbonyl (C=O) groups excluding carboxylic acids is 2. The molecular weight excluding hydrogens is 440 g/mol. The van der Waals surface area contributed by atoms with Crippen LogP contribution >= 0.6 is 11.6 Å². The third kappa shape index (κ3) is 3.47. The summed E-state index contributed by atoms with van der Waals surface area (Å²) in [7, 11) is 0. The maximum absolute atomic E-state index is 13.8. The van der Waals surface area contributed by atoms with Crippen LogP contribution in [0, 0.1) is 0 Å². The third-order valence-electron chi connectivity index (χ3n) is 6.82. The van der Waals surface area contributed by atoms with Gasteiger partial charge in [-0.05, 0) is 54.9 Å². The molecule has 1 saturated heterocycles. The van der Waals surface area contributed by atoms with Crippen LogP contribution in [-0.4, -0.2) is 63.4 Å². The molecule has 5 rings (SSSR count). The van der Waals surface area contributed by atoms with E-state index in [2.05, 4.69) is 10.3 Å². The van der Waals surface area contributed by atoms with Crippen LogP contribution in [0.2, 0.25) is 5.02 Å². The number of nitrogens with zero attached hydrogens (tertiary/aromatic N) is 2. The topological polar surface area (TPSA) is 88.7 Å². The maximum Gasteiger partial charge on any atom is 0.249 e. The van der Waals surface area contributed by atoms with Gasteiger partial charge in [-0.25, -0.2) is 0 Å². The van der Waals surface area contributed by atoms with E-state index in [1.165, 1.54) is 0 Å². The molecule has 1 fully saturated rings. The van der Waals surface area contributed by atoms with Crippen molar-refractivity contribution in [2.75, 3.05) is 26.2 Å². The number of likely N-dealkylation sites (N-methyl/N-ethyl adjacent to an activating group) is 1. The number of benzene rings is 2. The SMILES string of the molecule is CCNCCN1CC(=O)N2[C@H](c3cccc(O)c3)c3[nH]c4ccc(Cl)cc4c3C[C@@]2(C)C1=O. The lowest BCUT2D eigenvalue weighted by Crippen LogP contribution is -2.70. The Bertz CT molecular complexity index is 1260. The Morgan fingerprint density at radius 2 is 2.06 bits per heavy atom. The van der Waals surface area contributed by atoms with Crippen molar-refractivity contribution in [1.29, 1.82) is 0 Å². The summed E-state index contributed by atoms with van der Waals surface area (Å²) in [5, 5.41) is 15.0. The normalized spacial score (nSPS) is 22.6. The van der Waals surface area contributed by atoms with Gasteiger partial charge >= 0.3 is 0 Å². The molecule has 1 aromatic heterocycles. The van der Waals surface area contributed by atoms with Gasteiger partial charge in [-0.3, -0.25) is 9.59 Å². The van der Waals surface area contributed by atoms with Crippen LogP contribution in [0.3, 0.4) is 0 Å². The molecule has 2 atom stereocenters. The van der Waals surface area contributed by atoms with E-state index < -0.39 is 11.6 Å². The molecule has 0 aliphatic carbocycles. The zero-order chi connectivity index (χ0) is 23.3. The first-order chi connectivity index (χ1) is 15.8. The minimum Gasteiger partial charge on any atom is -0.508 e. The van der Waals surface area contributed by atoms with Gasteiger partial charge in [0.2, 0.25) is 11.8 Å². The van der Waals surface area contributed by atoms with Gasteiger partial charge in [0.25, 0.3) is 0 Å². The van der Waals surface area contributed by atoms with Gasteiger partial charge in [-0.15, -0.1) is 0 Å². The van der Waals surface area contributed by atoms with Gasteiger partial charge in [0, 0.05) is 41.1 Å². The number of rotatable bonds is 5. The Morgan fingerprint density at radius 1 is 1.24 bits per heavy atom. The molecule has 0 bridgehead atoms. The van der Waals surface area contributed by atoms with Crippen LogP contribution in [0.25, 0.3) is 10.9 Å². The Balaban J connectivity index is 1.69. The summed E-state index contributed by atoms with van der Waals surface area (Å²) in [4.78, 5) is 34.3. The van der Waals surface area contributed by atoms with Gasteiger partial charge in [0.05, 0.1) is 12.6 Å². The van der Waals surface area contributed by atoms with Crippen molar-refractivity contribution in [3.8, 4) is 5.75 Å². The average molecular weight is 467 g/mol. The van der Waals surface area contributed by atoms with Crippen LogP contribution in [0.5, 0.6) is 5.75 Å². The molecule has 2 aliphatic heterocycles. The van der Waals surface area contributed by atoms with E-state index in [4.69, 9.17) is 11.6 Å². The highest BCUT2D eigenvalue weighted by atomic mass is 35.5. The number of aromatic nitrogens is 1. The van der Waals surface area contributed by atoms with Crippen molar-refractivity contribution in [2.45, 2.75) is 31.8 Å². The van der Waals surface area contributed by atoms with Gasteiger partial charge in [0.15, 0.2) is 0 Å². The predicted molar refractivity (Wildman–Crippen MR) is 127 cm³/mol. The second kappa shape index (κ2) is 8.08. The second-order valence-corrected chi connectivity index (χ2v) is 9.44. The summed E-state index contributed by atoms with van der Waals surface area (Å²) in [5.41, 5.74) is 2.44. The molecule has 3 aromatic rings. The Kier molecular flexibility index (Phi) is 5.34. The van der Waals surface area contributed by atoms with E-state index in [1.807, 2.05) is 38.1 Å². The highest BCUT2D eigenvalue weighted by Crippen LogP contribution is 2.47. The van der Waals surface area contributed by atoms with Crippen molar-refractivity contribution < 1.29 is 14.7 Å². The lowest BCUT2D eigenvalue weighted by atomic mass is 9.78. The Morgan fingerprint density at radius 3 is 2.82 bits per heavy atom. The van der Waals surface area contributed by atoms with Crippen molar-refractivity contribution in [2.24, 2.45) is 0 Å². The number of fused-ring (bicyclic) bond motifs is 4. The van der Waals surface area contributed by atoms with Gasteiger partial charge in [-0.2, -0.15) is 0 Å². The van der Waals surface area contributed by atoms with Gasteiger partial charge in [-0.1, -0.05) is 30.7 Å². The number of hydrogen-bond acceptors (Lipinski definition) is 4. The number of aromatic amines is 1. The zero-order valence-corrected chi connectivity index (χ0v) is 19.4. The van der Waals surface area contributed by atoms with E-state index in [9.17, 15) is 14.7 Å². The zero-order valence-electron chi connectivity index (χ0n) is 18.7. The smallest absolute Gasteiger partial charge is 0.249 e. The van der Waals surface area contributed by atoms with E-state index in [0.717, 1.165) is 34.3 Å². The molecule has 2 amide bonds. The Labute approximate surface area is 197 Å². The summed E-state index contributed by atoms with van der Waals surface area (Å²) in [5.74, 6) is -0.0556. The molecule has 7 nitrogen and oxygen atoms in total. The first-order valence-electron chi connectivity index (χ1n) is 11.2. The van der Waals surface area contributed by atoms with E-state index >= 15 is 0 Å². The van der Waals surface area contributed by atoms with Crippen LogP contribution in [-0.2, 0) is 16.0 Å². The Hall–Kier alpha value is -3.03. The van der Waals surface area contributed by atoms with Gasteiger partial charge in [0.1, 0.15) is 11.3 Å².